The van der Waals surface area contributed by atoms with Gasteiger partial charge in [0.05, 0.1) is 6.61 Å². The Balaban J connectivity index is 2.41. The molecule has 0 fully saturated rings. The van der Waals surface area contributed by atoms with Crippen LogP contribution in [0.25, 0.3) is 11.3 Å². The van der Waals surface area contributed by atoms with Crippen molar-refractivity contribution in [2.24, 2.45) is 0 Å². The number of aromatic amines is 1. The van der Waals surface area contributed by atoms with E-state index in [2.05, 4.69) is 36.1 Å². The average molecular weight is 380 g/mol. The van der Waals surface area contributed by atoms with E-state index in [0.717, 1.165) is 12.1 Å². The third-order valence-electron chi connectivity index (χ3n) is 2.40. The first-order chi connectivity index (χ1) is 10.3. The molecule has 0 aliphatic rings. The summed E-state index contributed by atoms with van der Waals surface area (Å²) >= 11 is 3.08. The molecule has 0 aliphatic heterocycles. The summed E-state index contributed by atoms with van der Waals surface area (Å²) in [4.78, 5) is 11.7. The summed E-state index contributed by atoms with van der Waals surface area (Å²) in [6, 6.07) is 3.71. The minimum absolute atomic E-state index is 0.0618. The van der Waals surface area contributed by atoms with Crippen LogP contribution in [0.3, 0.4) is 0 Å². The van der Waals surface area contributed by atoms with Gasteiger partial charge in [-0.3, -0.25) is 0 Å². The number of esters is 1. The molecule has 1 aromatic heterocycles. The third kappa shape index (κ3) is 3.97. The number of rotatable bonds is 4. The number of carbonyl (C=O) groups is 1. The van der Waals surface area contributed by atoms with Crippen molar-refractivity contribution in [1.29, 1.82) is 0 Å². The van der Waals surface area contributed by atoms with Gasteiger partial charge in [-0.05, 0) is 25.1 Å². The summed E-state index contributed by atoms with van der Waals surface area (Å²) in [5, 5.41) is 9.67. The molecule has 6 nitrogen and oxygen atoms in total. The number of carbonyl (C=O) groups excluding carboxylic acids is 1. The quantitative estimate of drug-likeness (QED) is 0.824. The second-order valence-corrected chi connectivity index (χ2v) is 4.88. The maximum atomic E-state index is 12.3. The van der Waals surface area contributed by atoms with Crippen LogP contribution in [0.5, 0.6) is 5.75 Å². The van der Waals surface area contributed by atoms with Crippen molar-refractivity contribution in [2.45, 2.75) is 13.3 Å². The van der Waals surface area contributed by atoms with Crippen molar-refractivity contribution in [3.63, 3.8) is 0 Å². The molecule has 22 heavy (non-hydrogen) atoms. The van der Waals surface area contributed by atoms with Gasteiger partial charge in [0.1, 0.15) is 11.4 Å². The summed E-state index contributed by atoms with van der Waals surface area (Å²) in [7, 11) is 0. The second-order valence-electron chi connectivity index (χ2n) is 3.96. The maximum Gasteiger partial charge on any atom is 0.573 e. The fraction of sp³-hybridized carbons (Fsp3) is 0.250. The number of nitrogens with one attached hydrogen (secondary N) is 1. The summed E-state index contributed by atoms with van der Waals surface area (Å²) < 4.78 is 45.9. The van der Waals surface area contributed by atoms with Crippen molar-refractivity contribution in [2.75, 3.05) is 6.61 Å². The molecule has 2 aromatic rings. The molecule has 1 aromatic carbocycles. The predicted molar refractivity (Wildman–Crippen MR) is 72.2 cm³/mol. The lowest BCUT2D eigenvalue weighted by Crippen LogP contribution is -2.17. The van der Waals surface area contributed by atoms with Gasteiger partial charge in [0, 0.05) is 10.0 Å². The van der Waals surface area contributed by atoms with E-state index < -0.39 is 18.1 Å². The lowest BCUT2D eigenvalue weighted by Gasteiger charge is -2.10. The van der Waals surface area contributed by atoms with E-state index in [1.165, 1.54) is 6.07 Å². The van der Waals surface area contributed by atoms with Gasteiger partial charge in [-0.15, -0.1) is 18.3 Å². The molecule has 1 heterocycles. The van der Waals surface area contributed by atoms with E-state index in [-0.39, 0.29) is 23.6 Å². The number of aromatic nitrogens is 3. The molecule has 0 saturated carbocycles. The van der Waals surface area contributed by atoms with Crippen LogP contribution in [0.1, 0.15) is 17.4 Å². The highest BCUT2D eigenvalue weighted by atomic mass is 79.9. The zero-order valence-electron chi connectivity index (χ0n) is 11.1. The van der Waals surface area contributed by atoms with Gasteiger partial charge >= 0.3 is 12.3 Å². The van der Waals surface area contributed by atoms with Gasteiger partial charge in [-0.1, -0.05) is 15.9 Å². The number of H-pyrrole nitrogens is 1. The fourth-order valence-corrected chi connectivity index (χ4v) is 2.14. The molecule has 0 aliphatic carbocycles. The van der Waals surface area contributed by atoms with Gasteiger partial charge in [0.15, 0.2) is 5.69 Å². The Labute approximate surface area is 130 Å². The molecule has 2 rings (SSSR count). The molecule has 0 bridgehead atoms. The highest BCUT2D eigenvalue weighted by molar-refractivity contribution is 9.10. The Kier molecular flexibility index (Phi) is 4.69. The number of nitrogens with zero attached hydrogens (tertiary/aromatic N) is 2. The largest absolute Gasteiger partial charge is 0.573 e. The van der Waals surface area contributed by atoms with Gasteiger partial charge in [0.25, 0.3) is 0 Å². The van der Waals surface area contributed by atoms with Crippen molar-refractivity contribution >= 4 is 21.9 Å². The Hall–Kier alpha value is -2.10. The first kappa shape index (κ1) is 16.3. The first-order valence-corrected chi connectivity index (χ1v) is 6.74. The summed E-state index contributed by atoms with van der Waals surface area (Å²) in [6.45, 7) is 1.75. The zero-order chi connectivity index (χ0) is 16.3. The minimum Gasteiger partial charge on any atom is -0.461 e. The topological polar surface area (TPSA) is 77.1 Å². The van der Waals surface area contributed by atoms with E-state index in [4.69, 9.17) is 4.74 Å². The maximum absolute atomic E-state index is 12.3. The normalized spacial score (nSPS) is 11.3. The van der Waals surface area contributed by atoms with Crippen molar-refractivity contribution in [3.05, 3.63) is 28.4 Å². The van der Waals surface area contributed by atoms with Gasteiger partial charge < -0.3 is 9.47 Å². The van der Waals surface area contributed by atoms with E-state index >= 15 is 0 Å². The molecule has 1 N–H and O–H groups in total. The highest BCUT2D eigenvalue weighted by Crippen LogP contribution is 2.32. The average Bonchev–Trinajstić information content (AvgIpc) is 2.85. The van der Waals surface area contributed by atoms with Crippen molar-refractivity contribution in [3.8, 4) is 17.0 Å². The number of ether oxygens (including phenoxy) is 2. The van der Waals surface area contributed by atoms with Crippen molar-refractivity contribution < 1.29 is 27.4 Å². The van der Waals surface area contributed by atoms with Crippen LogP contribution in [-0.4, -0.2) is 34.3 Å². The van der Waals surface area contributed by atoms with Crippen LogP contribution in [0, 0.1) is 0 Å². The predicted octanol–water partition coefficient (Wildman–Crippen LogP) is 3.31. The number of hydrogen-bond donors (Lipinski definition) is 1. The number of benzene rings is 1. The minimum atomic E-state index is -4.83. The van der Waals surface area contributed by atoms with Crippen LogP contribution in [-0.2, 0) is 4.74 Å². The number of hydrogen-bond acceptors (Lipinski definition) is 5. The van der Waals surface area contributed by atoms with E-state index in [0.29, 0.717) is 4.47 Å². The van der Waals surface area contributed by atoms with Crippen LogP contribution < -0.4 is 4.74 Å². The van der Waals surface area contributed by atoms with Gasteiger partial charge in [-0.25, -0.2) is 4.79 Å². The summed E-state index contributed by atoms with van der Waals surface area (Å²) in [5.74, 6) is -1.18. The molecule has 0 atom stereocenters. The Bertz CT molecular complexity index is 688. The molecule has 0 amide bonds. The first-order valence-electron chi connectivity index (χ1n) is 5.94. The molecule has 118 valence electrons. The zero-order valence-corrected chi connectivity index (χ0v) is 12.7. The summed E-state index contributed by atoms with van der Waals surface area (Å²) in [6.07, 6.45) is -4.83. The number of alkyl halides is 3. The fourth-order valence-electron chi connectivity index (χ4n) is 1.67. The highest BCUT2D eigenvalue weighted by Gasteiger charge is 2.31. The molecular formula is C12H9BrF3N3O3. The summed E-state index contributed by atoms with van der Waals surface area (Å²) in [5.41, 5.74) is 0.148. The smallest absolute Gasteiger partial charge is 0.461 e. The van der Waals surface area contributed by atoms with Gasteiger partial charge in [0.2, 0.25) is 0 Å². The lowest BCUT2D eigenvalue weighted by atomic mass is 10.1. The lowest BCUT2D eigenvalue weighted by molar-refractivity contribution is -0.274. The SMILES string of the molecule is CCOC(=O)c1n[nH]nc1-c1cc(Br)cc(OC(F)(F)F)c1. The van der Waals surface area contributed by atoms with Crippen LogP contribution in [0.4, 0.5) is 13.2 Å². The molecule has 0 spiro atoms. The monoisotopic (exact) mass is 379 g/mol. The van der Waals surface area contributed by atoms with E-state index in [9.17, 15) is 18.0 Å². The van der Waals surface area contributed by atoms with Gasteiger partial charge in [-0.2, -0.15) is 10.3 Å². The molecule has 0 saturated heterocycles. The molecule has 0 unspecified atom stereocenters. The Morgan fingerprint density at radius 3 is 2.68 bits per heavy atom. The molecular weight excluding hydrogens is 371 g/mol. The van der Waals surface area contributed by atoms with E-state index in [1.807, 2.05) is 0 Å². The standard InChI is InChI=1S/C12H9BrF3N3O3/c1-2-21-11(20)10-9(17-19-18-10)6-3-7(13)5-8(4-6)22-12(14,15)16/h3-5H,2H2,1H3,(H,17,18,19). The molecule has 0 radical (unpaired) electrons. The Morgan fingerprint density at radius 1 is 1.32 bits per heavy atom. The van der Waals surface area contributed by atoms with Crippen LogP contribution >= 0.6 is 15.9 Å². The molecule has 10 heteroatoms. The Morgan fingerprint density at radius 2 is 2.05 bits per heavy atom. The van der Waals surface area contributed by atoms with E-state index in [1.54, 1.807) is 6.92 Å². The number of halogens is 4. The second kappa shape index (κ2) is 6.34. The van der Waals surface area contributed by atoms with Crippen molar-refractivity contribution in [1.82, 2.24) is 15.4 Å². The van der Waals surface area contributed by atoms with Crippen LogP contribution in [0.15, 0.2) is 22.7 Å². The third-order valence-corrected chi connectivity index (χ3v) is 2.85. The van der Waals surface area contributed by atoms with Crippen LogP contribution in [0.2, 0.25) is 0 Å².